The number of barbiturate groups is 1. The van der Waals surface area contributed by atoms with Gasteiger partial charge in [-0.1, -0.05) is 23.7 Å². The predicted molar refractivity (Wildman–Crippen MR) is 142 cm³/mol. The van der Waals surface area contributed by atoms with E-state index in [1.54, 1.807) is 18.2 Å². The highest BCUT2D eigenvalue weighted by molar-refractivity contribution is 14.1. The Morgan fingerprint density at radius 1 is 1.08 bits per heavy atom. The number of benzene rings is 3. The normalized spacial score (nSPS) is 15.0. The molecule has 0 unspecified atom stereocenters. The molecular weight excluding hydrogens is 659 g/mol. The first-order chi connectivity index (χ1) is 18.4. The van der Waals surface area contributed by atoms with Gasteiger partial charge in [-0.3, -0.25) is 14.9 Å². The van der Waals surface area contributed by atoms with Gasteiger partial charge >= 0.3 is 12.2 Å². The maximum Gasteiger partial charge on any atom is 0.416 e. The first-order valence-electron chi connectivity index (χ1n) is 10.9. The van der Waals surface area contributed by atoms with Crippen LogP contribution in [0.1, 0.15) is 16.7 Å². The highest BCUT2D eigenvalue weighted by Crippen LogP contribution is 2.38. The van der Waals surface area contributed by atoms with Crippen LogP contribution in [0.4, 0.5) is 28.0 Å². The molecule has 202 valence electrons. The fraction of sp³-hybridized carbons (Fsp3) is 0.115. The number of carbonyl (C=O) groups excluding carboxylic acids is 3. The summed E-state index contributed by atoms with van der Waals surface area (Å²) in [6.07, 6.45) is -3.62. The number of nitrogens with one attached hydrogen (secondary N) is 1. The standard InChI is InChI=1S/C26H16ClF4IN2O5/c1-38-21-10-14(9-19(32)22(21)39-12-13-3-2-4-16(28)7-13)8-17-23(35)33-25(37)34(24(17)36)20-11-15(26(29,30)31)5-6-18(20)27/h2-11H,12H2,1H3,(H,33,35,37)/b17-8-. The molecule has 0 bridgehead atoms. The smallest absolute Gasteiger partial charge is 0.416 e. The van der Waals surface area contributed by atoms with Gasteiger partial charge in [0.05, 0.1) is 27.0 Å². The molecule has 3 aromatic carbocycles. The molecule has 4 amide bonds. The zero-order valence-electron chi connectivity index (χ0n) is 19.7. The van der Waals surface area contributed by atoms with Crippen molar-refractivity contribution in [3.05, 3.63) is 91.3 Å². The molecule has 0 aromatic heterocycles. The minimum absolute atomic E-state index is 0.0280. The van der Waals surface area contributed by atoms with Crippen molar-refractivity contribution in [2.45, 2.75) is 12.8 Å². The van der Waals surface area contributed by atoms with Crippen LogP contribution in [0.25, 0.3) is 6.08 Å². The van der Waals surface area contributed by atoms with Crippen LogP contribution in [0.3, 0.4) is 0 Å². The molecule has 0 aliphatic carbocycles. The molecule has 39 heavy (non-hydrogen) atoms. The van der Waals surface area contributed by atoms with Crippen molar-refractivity contribution in [3.8, 4) is 11.5 Å². The molecule has 1 heterocycles. The molecule has 3 aromatic rings. The van der Waals surface area contributed by atoms with Crippen molar-refractivity contribution in [1.82, 2.24) is 5.32 Å². The van der Waals surface area contributed by atoms with Crippen LogP contribution < -0.4 is 19.7 Å². The van der Waals surface area contributed by atoms with Crippen molar-refractivity contribution >= 4 is 63.8 Å². The molecule has 1 fully saturated rings. The van der Waals surface area contributed by atoms with Gasteiger partial charge in [-0.25, -0.2) is 14.1 Å². The van der Waals surface area contributed by atoms with Gasteiger partial charge < -0.3 is 9.47 Å². The lowest BCUT2D eigenvalue weighted by Gasteiger charge is -2.27. The average Bonchev–Trinajstić information content (AvgIpc) is 2.86. The Labute approximate surface area is 237 Å². The molecule has 1 aliphatic heterocycles. The molecule has 0 atom stereocenters. The van der Waals surface area contributed by atoms with Crippen LogP contribution in [-0.2, 0) is 22.4 Å². The summed E-state index contributed by atoms with van der Waals surface area (Å²) in [6.45, 7) is 0.0280. The quantitative estimate of drug-likeness (QED) is 0.143. The first kappa shape index (κ1) is 28.4. The molecule has 1 saturated heterocycles. The van der Waals surface area contributed by atoms with E-state index in [2.05, 4.69) is 0 Å². The summed E-state index contributed by atoms with van der Waals surface area (Å²) in [7, 11) is 1.37. The van der Waals surface area contributed by atoms with Crippen LogP contribution in [0, 0.1) is 9.39 Å². The number of ether oxygens (including phenoxy) is 2. The van der Waals surface area contributed by atoms with Gasteiger partial charge in [-0.15, -0.1) is 0 Å². The topological polar surface area (TPSA) is 84.9 Å². The molecule has 1 aliphatic rings. The van der Waals surface area contributed by atoms with Crippen molar-refractivity contribution in [3.63, 3.8) is 0 Å². The SMILES string of the molecule is COc1cc(/C=C2/C(=O)NC(=O)N(c3cc(C(F)(F)F)ccc3Cl)C2=O)cc(I)c1OCc1cccc(F)c1. The molecule has 1 N–H and O–H groups in total. The number of halogens is 6. The van der Waals surface area contributed by atoms with E-state index in [4.69, 9.17) is 21.1 Å². The van der Waals surface area contributed by atoms with Crippen molar-refractivity contribution in [2.24, 2.45) is 0 Å². The molecule has 0 saturated carbocycles. The van der Waals surface area contributed by atoms with Crippen LogP contribution in [-0.4, -0.2) is 25.0 Å². The molecule has 0 spiro atoms. The summed E-state index contributed by atoms with van der Waals surface area (Å²) in [5.74, 6) is -2.11. The summed E-state index contributed by atoms with van der Waals surface area (Å²) < 4.78 is 64.9. The van der Waals surface area contributed by atoms with Gasteiger partial charge in [0.2, 0.25) is 0 Å². The Morgan fingerprint density at radius 3 is 2.49 bits per heavy atom. The fourth-order valence-corrected chi connectivity index (χ4v) is 4.63. The van der Waals surface area contributed by atoms with E-state index in [9.17, 15) is 31.9 Å². The Kier molecular flexibility index (Phi) is 8.16. The van der Waals surface area contributed by atoms with Crippen LogP contribution in [0.5, 0.6) is 11.5 Å². The number of nitrogens with zero attached hydrogens (tertiary/aromatic N) is 1. The minimum Gasteiger partial charge on any atom is -0.493 e. The highest BCUT2D eigenvalue weighted by Gasteiger charge is 2.39. The van der Waals surface area contributed by atoms with Gasteiger partial charge in [0.25, 0.3) is 11.8 Å². The van der Waals surface area contributed by atoms with E-state index in [0.717, 1.165) is 12.1 Å². The summed E-state index contributed by atoms with van der Waals surface area (Å²) in [5, 5.41) is 1.63. The zero-order valence-corrected chi connectivity index (χ0v) is 22.7. The van der Waals surface area contributed by atoms with Crippen molar-refractivity contribution < 1.29 is 41.4 Å². The third-order valence-electron chi connectivity index (χ3n) is 5.45. The monoisotopic (exact) mass is 674 g/mol. The molecule has 4 rings (SSSR count). The Bertz CT molecular complexity index is 1530. The van der Waals surface area contributed by atoms with Crippen molar-refractivity contribution in [1.29, 1.82) is 0 Å². The predicted octanol–water partition coefficient (Wildman–Crippen LogP) is 6.36. The van der Waals surface area contributed by atoms with Gasteiger partial charge in [-0.05, 0) is 82.3 Å². The van der Waals surface area contributed by atoms with Crippen LogP contribution in [0.2, 0.25) is 5.02 Å². The number of carbonyl (C=O) groups is 3. The lowest BCUT2D eigenvalue weighted by atomic mass is 10.1. The second-order valence-corrected chi connectivity index (χ2v) is 9.64. The number of methoxy groups -OCH3 is 1. The number of imide groups is 2. The Morgan fingerprint density at radius 2 is 1.82 bits per heavy atom. The largest absolute Gasteiger partial charge is 0.493 e. The molecule has 13 heteroatoms. The maximum absolute atomic E-state index is 13.5. The van der Waals surface area contributed by atoms with E-state index >= 15 is 0 Å². The van der Waals surface area contributed by atoms with Crippen LogP contribution >= 0.6 is 34.2 Å². The van der Waals surface area contributed by atoms with Gasteiger partial charge in [0.15, 0.2) is 11.5 Å². The van der Waals surface area contributed by atoms with Gasteiger partial charge in [0, 0.05) is 0 Å². The first-order valence-corrected chi connectivity index (χ1v) is 12.4. The van der Waals surface area contributed by atoms with Gasteiger partial charge in [0.1, 0.15) is 18.0 Å². The second-order valence-electron chi connectivity index (χ2n) is 8.07. The average molecular weight is 675 g/mol. The van der Waals surface area contributed by atoms with Crippen molar-refractivity contribution in [2.75, 3.05) is 12.0 Å². The maximum atomic E-state index is 13.5. The molecular formula is C26H16ClF4IN2O5. The van der Waals surface area contributed by atoms with E-state index in [0.29, 0.717) is 31.9 Å². The number of urea groups is 1. The number of hydrogen-bond acceptors (Lipinski definition) is 5. The van der Waals surface area contributed by atoms with Gasteiger partial charge in [-0.2, -0.15) is 13.2 Å². The second kappa shape index (κ2) is 11.2. The summed E-state index contributed by atoms with van der Waals surface area (Å²) >= 11 is 7.96. The third kappa shape index (κ3) is 6.17. The number of amides is 4. The third-order valence-corrected chi connectivity index (χ3v) is 6.57. The fourth-order valence-electron chi connectivity index (χ4n) is 3.65. The Balaban J connectivity index is 1.68. The zero-order chi connectivity index (χ0) is 28.5. The van der Waals surface area contributed by atoms with E-state index in [-0.39, 0.29) is 22.9 Å². The minimum atomic E-state index is -4.77. The Hall–Kier alpha value is -3.65. The lowest BCUT2D eigenvalue weighted by molar-refractivity contribution is -0.137. The highest BCUT2D eigenvalue weighted by atomic mass is 127. The number of anilines is 1. The summed E-state index contributed by atoms with van der Waals surface area (Å²) in [5.41, 5.74) is -1.35. The van der Waals surface area contributed by atoms with E-state index in [1.165, 1.54) is 25.3 Å². The summed E-state index contributed by atoms with van der Waals surface area (Å²) in [4.78, 5) is 38.6. The number of rotatable bonds is 6. The summed E-state index contributed by atoms with van der Waals surface area (Å²) in [6, 6.07) is 9.73. The number of hydrogen-bond donors (Lipinski definition) is 1. The van der Waals surface area contributed by atoms with Crippen LogP contribution in [0.15, 0.2) is 60.2 Å². The van der Waals surface area contributed by atoms with E-state index in [1.807, 2.05) is 27.9 Å². The molecule has 0 radical (unpaired) electrons. The molecule has 7 nitrogen and oxygen atoms in total. The lowest BCUT2D eigenvalue weighted by Crippen LogP contribution is -2.54. The van der Waals surface area contributed by atoms with E-state index < -0.39 is 46.7 Å². The number of alkyl halides is 3.